The van der Waals surface area contributed by atoms with Crippen LogP contribution in [0.4, 0.5) is 0 Å². The highest BCUT2D eigenvalue weighted by Crippen LogP contribution is 2.74. The van der Waals surface area contributed by atoms with Gasteiger partial charge in [-0.1, -0.05) is 48.5 Å². The van der Waals surface area contributed by atoms with Crippen molar-refractivity contribution < 1.29 is 19.1 Å². The summed E-state index contributed by atoms with van der Waals surface area (Å²) < 4.78 is 5.41. The molecule has 0 N–H and O–H groups in total. The molecule has 0 saturated heterocycles. The zero-order valence-electron chi connectivity index (χ0n) is 24.0. The van der Waals surface area contributed by atoms with Gasteiger partial charge in [0.05, 0.1) is 12.5 Å². The van der Waals surface area contributed by atoms with Crippen LogP contribution in [0.25, 0.3) is 4.85 Å². The van der Waals surface area contributed by atoms with Crippen molar-refractivity contribution in [1.82, 2.24) is 0 Å². The summed E-state index contributed by atoms with van der Waals surface area (Å²) in [7, 11) is 1.49. The van der Waals surface area contributed by atoms with Crippen LogP contribution in [0.5, 0.6) is 0 Å². The van der Waals surface area contributed by atoms with E-state index in [0.717, 1.165) is 50.5 Å². The molecular weight excluding hydrogens is 462 g/mol. The van der Waals surface area contributed by atoms with E-state index in [-0.39, 0.29) is 51.5 Å². The van der Waals surface area contributed by atoms with E-state index in [1.807, 2.05) is 26.0 Å². The van der Waals surface area contributed by atoms with E-state index in [1.54, 1.807) is 0 Å². The predicted octanol–water partition coefficient (Wildman–Crippen LogP) is 6.78. The lowest BCUT2D eigenvalue weighted by Crippen LogP contribution is -2.65. The number of rotatable bonds is 1. The van der Waals surface area contributed by atoms with E-state index in [0.29, 0.717) is 5.70 Å². The molecule has 3 fully saturated rings. The normalized spacial score (nSPS) is 45.6. The fourth-order valence-electron chi connectivity index (χ4n) is 10.2. The molecule has 5 nitrogen and oxygen atoms in total. The fourth-order valence-corrected chi connectivity index (χ4v) is 10.2. The molecule has 0 heterocycles. The molecule has 37 heavy (non-hydrogen) atoms. The minimum absolute atomic E-state index is 0.0159. The third-order valence-electron chi connectivity index (χ3n) is 12.5. The van der Waals surface area contributed by atoms with E-state index >= 15 is 0 Å². The van der Waals surface area contributed by atoms with Crippen molar-refractivity contribution >= 4 is 17.5 Å². The molecule has 0 amide bonds. The molecule has 0 aromatic heterocycles. The van der Waals surface area contributed by atoms with Crippen molar-refractivity contribution in [2.24, 2.45) is 50.2 Å². The number of hydrogen-bond acceptors (Lipinski definition) is 4. The number of carbonyl (C=O) groups is 3. The summed E-state index contributed by atoms with van der Waals surface area (Å²) in [6, 6.07) is 0. The van der Waals surface area contributed by atoms with Crippen molar-refractivity contribution in [3.05, 3.63) is 28.3 Å². The van der Waals surface area contributed by atoms with Crippen molar-refractivity contribution in [3.8, 4) is 6.57 Å². The van der Waals surface area contributed by atoms with Gasteiger partial charge in [0.1, 0.15) is 0 Å². The number of fused-ring (bicyclic) bond motifs is 7. The van der Waals surface area contributed by atoms with Crippen molar-refractivity contribution in [2.45, 2.75) is 93.4 Å². The molecule has 0 spiro atoms. The second kappa shape index (κ2) is 7.67. The van der Waals surface area contributed by atoms with Gasteiger partial charge in [-0.3, -0.25) is 14.4 Å². The molecule has 200 valence electrons. The average Bonchev–Trinajstić information content (AvgIpc) is 2.82. The minimum atomic E-state index is -0.620. The molecule has 5 heteroatoms. The summed E-state index contributed by atoms with van der Waals surface area (Å²) in [6.07, 6.45) is 9.85. The Morgan fingerprint density at radius 1 is 1.00 bits per heavy atom. The number of Topliss-reactive ketones (excluding diaryl/α,β-unsaturated/α-hetero) is 1. The van der Waals surface area contributed by atoms with Gasteiger partial charge in [-0.25, -0.2) is 0 Å². The van der Waals surface area contributed by atoms with Crippen LogP contribution in [0.15, 0.2) is 23.4 Å². The quantitative estimate of drug-likeness (QED) is 0.368. The molecule has 0 aliphatic heterocycles. The van der Waals surface area contributed by atoms with Gasteiger partial charge in [0.25, 0.3) is 12.4 Å². The first-order valence-corrected chi connectivity index (χ1v) is 14.1. The van der Waals surface area contributed by atoms with Crippen LogP contribution in [0.2, 0.25) is 0 Å². The molecule has 0 unspecified atom stereocenters. The molecule has 5 aliphatic rings. The predicted molar refractivity (Wildman–Crippen MR) is 144 cm³/mol. The van der Waals surface area contributed by atoms with E-state index in [2.05, 4.69) is 39.5 Å². The third kappa shape index (κ3) is 3.11. The summed E-state index contributed by atoms with van der Waals surface area (Å²) in [5.41, 5.74) is -0.719. The van der Waals surface area contributed by atoms with Gasteiger partial charge in [-0.15, -0.1) is 0 Å². The molecule has 0 radical (unpaired) electrons. The van der Waals surface area contributed by atoms with Gasteiger partial charge in [0.2, 0.25) is 0 Å². The summed E-state index contributed by atoms with van der Waals surface area (Å²) >= 11 is 0. The molecule has 0 bridgehead atoms. The van der Waals surface area contributed by atoms with Crippen molar-refractivity contribution in [3.63, 3.8) is 0 Å². The van der Waals surface area contributed by atoms with Crippen LogP contribution in [0.1, 0.15) is 93.4 Å². The number of methoxy groups -OCH3 is 1. The van der Waals surface area contributed by atoms with Gasteiger partial charge < -0.3 is 4.74 Å². The molecule has 5 aliphatic carbocycles. The largest absolute Gasteiger partial charge is 0.469 e. The monoisotopic (exact) mass is 506 g/mol. The highest BCUT2D eigenvalue weighted by atomic mass is 16.5. The molecule has 3 saturated carbocycles. The summed E-state index contributed by atoms with van der Waals surface area (Å²) in [5.74, 6) is -0.209. The van der Waals surface area contributed by atoms with E-state index < -0.39 is 16.2 Å². The number of ether oxygens (including phenoxy) is 1. The van der Waals surface area contributed by atoms with E-state index in [9.17, 15) is 14.4 Å². The highest BCUT2D eigenvalue weighted by molar-refractivity contribution is 6.03. The molecular formula is C32H44NO4+. The van der Waals surface area contributed by atoms with Gasteiger partial charge in [0, 0.05) is 22.8 Å². The second-order valence-corrected chi connectivity index (χ2v) is 14.9. The SMILES string of the molecule is C#[N+]C1=C[C@]2(C)C3=CC(=O)[C@@H]4[C@@H]5CC(C)(C)CC[C@]5(C(=O)OC)CC[C@@]4(C)[C@]3(C)CC[C@H]2C(C)(C)C1=O. The van der Waals surface area contributed by atoms with Gasteiger partial charge in [-0.05, 0) is 89.5 Å². The minimum Gasteiger partial charge on any atom is -0.469 e. The van der Waals surface area contributed by atoms with Gasteiger partial charge in [0.15, 0.2) is 5.78 Å². The maximum Gasteiger partial charge on any atom is 0.379 e. The Bertz CT molecular complexity index is 1200. The molecule has 0 aromatic rings. The van der Waals surface area contributed by atoms with Crippen molar-refractivity contribution in [1.29, 1.82) is 0 Å². The Balaban J connectivity index is 1.71. The highest BCUT2D eigenvalue weighted by Gasteiger charge is 2.71. The van der Waals surface area contributed by atoms with Crippen LogP contribution < -0.4 is 0 Å². The summed E-state index contributed by atoms with van der Waals surface area (Å²) in [5, 5.41) is 0. The maximum atomic E-state index is 14.4. The molecule has 7 atom stereocenters. The number of allylic oxidation sites excluding steroid dienone is 4. The number of nitrogens with zero attached hydrogens (tertiary/aromatic N) is 1. The Hall–Kier alpha value is -2.22. The van der Waals surface area contributed by atoms with Crippen LogP contribution in [0, 0.1) is 56.8 Å². The van der Waals surface area contributed by atoms with Crippen LogP contribution >= 0.6 is 0 Å². The van der Waals surface area contributed by atoms with Gasteiger partial charge in [-0.2, -0.15) is 0 Å². The van der Waals surface area contributed by atoms with Crippen LogP contribution in [-0.2, 0) is 19.1 Å². The van der Waals surface area contributed by atoms with Crippen LogP contribution in [-0.4, -0.2) is 24.6 Å². The Kier molecular flexibility index (Phi) is 5.47. The summed E-state index contributed by atoms with van der Waals surface area (Å²) in [6.45, 7) is 21.1. The van der Waals surface area contributed by atoms with Crippen LogP contribution in [0.3, 0.4) is 0 Å². The summed E-state index contributed by atoms with van der Waals surface area (Å²) in [4.78, 5) is 44.9. The Labute approximate surface area is 222 Å². The fraction of sp³-hybridized carbons (Fsp3) is 0.750. The Morgan fingerprint density at radius 2 is 1.65 bits per heavy atom. The Morgan fingerprint density at radius 3 is 2.27 bits per heavy atom. The lowest BCUT2D eigenvalue weighted by atomic mass is 9.34. The number of carbonyl (C=O) groups excluding carboxylic acids is 3. The zero-order chi connectivity index (χ0) is 27.4. The topological polar surface area (TPSA) is 64.8 Å². The first kappa shape index (κ1) is 26.4. The second-order valence-electron chi connectivity index (χ2n) is 14.9. The zero-order valence-corrected chi connectivity index (χ0v) is 24.0. The molecule has 5 rings (SSSR count). The lowest BCUT2D eigenvalue weighted by molar-refractivity contribution is -0.191. The third-order valence-corrected chi connectivity index (χ3v) is 12.5. The lowest BCUT2D eigenvalue weighted by Gasteiger charge is -2.68. The number of hydrogen-bond donors (Lipinski definition) is 0. The molecule has 0 aromatic carbocycles. The van der Waals surface area contributed by atoms with Gasteiger partial charge >= 0.3 is 11.7 Å². The van der Waals surface area contributed by atoms with Crippen molar-refractivity contribution in [2.75, 3.05) is 7.11 Å². The maximum absolute atomic E-state index is 14.4. The first-order chi connectivity index (χ1) is 17.0. The average molecular weight is 507 g/mol. The number of ketones is 2. The standard InChI is InChI=1S/C32H44NO4/c1-27(2)12-14-32(26(36)37-9)15-13-31(7)24(19(32)17-27)21(34)16-23-29(5)18-20(33-8)25(35)28(3,4)22(29)10-11-30(23,31)6/h8,16,18-19,22,24H,10-15,17H2,1-7,9H3/q+1/t19-,22-,24-,29-,30+,31+,32-/m0/s1. The number of esters is 1. The first-order valence-electron chi connectivity index (χ1n) is 14.1. The smallest absolute Gasteiger partial charge is 0.379 e. The van der Waals surface area contributed by atoms with E-state index in [1.165, 1.54) is 7.11 Å². The van der Waals surface area contributed by atoms with E-state index in [4.69, 9.17) is 11.3 Å².